The lowest BCUT2D eigenvalue weighted by atomic mass is 10.2. The number of rotatable bonds is 4. The van der Waals surface area contributed by atoms with Gasteiger partial charge in [-0.25, -0.2) is 4.79 Å². The summed E-state index contributed by atoms with van der Waals surface area (Å²) in [5.41, 5.74) is 0.0838. The predicted octanol–water partition coefficient (Wildman–Crippen LogP) is 2.53. The first-order valence-corrected chi connectivity index (χ1v) is 5.91. The van der Waals surface area contributed by atoms with E-state index in [0.29, 0.717) is 0 Å². The molecular weight excluding hydrogens is 284 g/mol. The van der Waals surface area contributed by atoms with E-state index in [1.807, 2.05) is 0 Å². The smallest absolute Gasteiger partial charge is 0.335 e. The van der Waals surface area contributed by atoms with Gasteiger partial charge in [-0.1, -0.05) is 13.5 Å². The Morgan fingerprint density at radius 3 is 2.00 bits per heavy atom. The maximum Gasteiger partial charge on any atom is 0.335 e. The molecule has 4 nitrogen and oxygen atoms in total. The molecule has 1 rings (SSSR count). The van der Waals surface area contributed by atoms with Crippen LogP contribution in [0.4, 0.5) is 17.6 Å². The second-order valence-electron chi connectivity index (χ2n) is 4.61. The Labute approximate surface area is 113 Å². The van der Waals surface area contributed by atoms with E-state index < -0.39 is 43.4 Å². The third-order valence-corrected chi connectivity index (χ3v) is 2.88. The molecule has 1 aliphatic rings. The summed E-state index contributed by atoms with van der Waals surface area (Å²) in [6, 6.07) is 0. The molecule has 20 heavy (non-hydrogen) atoms. The van der Waals surface area contributed by atoms with E-state index >= 15 is 0 Å². The van der Waals surface area contributed by atoms with Gasteiger partial charge in [-0.15, -0.1) is 0 Å². The van der Waals surface area contributed by atoms with Gasteiger partial charge in [0.05, 0.1) is 0 Å². The summed E-state index contributed by atoms with van der Waals surface area (Å²) in [6.07, 6.45) is -0.0391. The molecule has 1 aliphatic heterocycles. The minimum Gasteiger partial charge on any atom is -0.457 e. The molecule has 1 heterocycles. The third-order valence-electron chi connectivity index (χ3n) is 2.88. The van der Waals surface area contributed by atoms with E-state index in [9.17, 15) is 22.4 Å². The van der Waals surface area contributed by atoms with E-state index in [4.69, 9.17) is 14.2 Å². The Bertz CT molecular complexity index is 377. The average Bonchev–Trinajstić information content (AvgIpc) is 2.45. The molecule has 0 aromatic rings. The van der Waals surface area contributed by atoms with Crippen LogP contribution in [0.15, 0.2) is 12.2 Å². The number of carbonyl (C=O) groups is 1. The topological polar surface area (TPSA) is 44.8 Å². The van der Waals surface area contributed by atoms with Crippen molar-refractivity contribution in [2.75, 3.05) is 19.8 Å². The van der Waals surface area contributed by atoms with E-state index in [1.54, 1.807) is 0 Å². The van der Waals surface area contributed by atoms with Gasteiger partial charge in [-0.2, -0.15) is 17.6 Å². The third kappa shape index (κ3) is 3.49. The summed E-state index contributed by atoms with van der Waals surface area (Å²) in [5.74, 6) is -11.3. The molecule has 0 aromatic carbocycles. The van der Waals surface area contributed by atoms with E-state index in [0.717, 1.165) is 0 Å². The molecule has 8 heteroatoms. The highest BCUT2D eigenvalue weighted by Crippen LogP contribution is 2.40. The second kappa shape index (κ2) is 5.69. The monoisotopic (exact) mass is 300 g/mol. The van der Waals surface area contributed by atoms with Crippen LogP contribution in [0, 0.1) is 0 Å². The lowest BCUT2D eigenvalue weighted by Gasteiger charge is -2.30. The number of carbonyl (C=O) groups excluding carboxylic acids is 1. The Morgan fingerprint density at radius 1 is 1.20 bits per heavy atom. The van der Waals surface area contributed by atoms with E-state index in [2.05, 4.69) is 6.58 Å². The van der Waals surface area contributed by atoms with Crippen molar-refractivity contribution < 1.29 is 36.6 Å². The number of hydrogen-bond acceptors (Lipinski definition) is 4. The first-order chi connectivity index (χ1) is 9.05. The quantitative estimate of drug-likeness (QED) is 0.455. The van der Waals surface area contributed by atoms with Crippen molar-refractivity contribution >= 4 is 5.97 Å². The van der Waals surface area contributed by atoms with Gasteiger partial charge in [0.2, 0.25) is 5.79 Å². The van der Waals surface area contributed by atoms with Crippen LogP contribution in [0.5, 0.6) is 0 Å². The second-order valence-corrected chi connectivity index (χ2v) is 4.61. The van der Waals surface area contributed by atoms with Crippen LogP contribution >= 0.6 is 0 Å². The van der Waals surface area contributed by atoms with Crippen molar-refractivity contribution in [3.05, 3.63) is 12.2 Å². The number of hydrogen-bond donors (Lipinski definition) is 0. The largest absolute Gasteiger partial charge is 0.457 e. The minimum atomic E-state index is -4.34. The minimum absolute atomic E-state index is 0.0391. The predicted molar refractivity (Wildman–Crippen MR) is 60.6 cm³/mol. The summed E-state index contributed by atoms with van der Waals surface area (Å²) >= 11 is 0. The van der Waals surface area contributed by atoms with Crippen LogP contribution in [0.25, 0.3) is 0 Å². The Balaban J connectivity index is 2.80. The molecule has 0 saturated carbocycles. The van der Waals surface area contributed by atoms with Gasteiger partial charge in [-0.3, -0.25) is 0 Å². The van der Waals surface area contributed by atoms with Gasteiger partial charge >= 0.3 is 17.8 Å². The maximum absolute atomic E-state index is 13.2. The van der Waals surface area contributed by atoms with Crippen LogP contribution in [-0.2, 0) is 19.0 Å². The highest BCUT2D eigenvalue weighted by atomic mass is 19.3. The molecule has 0 aromatic heterocycles. The molecule has 0 radical (unpaired) electrons. The lowest BCUT2D eigenvalue weighted by Crippen LogP contribution is -2.45. The SMILES string of the molecule is C=C(C)C(=O)OCC1(CC)OCC(F)(F)C(F)(F)CO1. The number of esters is 1. The fraction of sp³-hybridized carbons (Fsp3) is 0.750. The fourth-order valence-corrected chi connectivity index (χ4v) is 1.39. The first-order valence-electron chi connectivity index (χ1n) is 5.91. The Hall–Kier alpha value is -1.15. The molecule has 116 valence electrons. The van der Waals surface area contributed by atoms with Gasteiger partial charge in [0.25, 0.3) is 0 Å². The first kappa shape index (κ1) is 16.9. The average molecular weight is 300 g/mol. The molecule has 0 atom stereocenters. The molecule has 0 N–H and O–H groups in total. The summed E-state index contributed by atoms with van der Waals surface area (Å²) in [6.45, 7) is 2.61. The highest BCUT2D eigenvalue weighted by molar-refractivity contribution is 5.86. The summed E-state index contributed by atoms with van der Waals surface area (Å²) < 4.78 is 67.0. The van der Waals surface area contributed by atoms with E-state index in [1.165, 1.54) is 13.8 Å². The normalized spacial score (nSPS) is 23.7. The van der Waals surface area contributed by atoms with Crippen LogP contribution < -0.4 is 0 Å². The van der Waals surface area contributed by atoms with Gasteiger partial charge in [0.1, 0.15) is 19.8 Å². The standard InChI is InChI=1S/C12H16F4O4/c1-4-10(5-18-9(17)8(2)3)19-6-11(13,14)12(15,16)7-20-10/h2,4-7H2,1,3H3. The van der Waals surface area contributed by atoms with Gasteiger partial charge in [0, 0.05) is 12.0 Å². The summed E-state index contributed by atoms with van der Waals surface area (Å²) in [4.78, 5) is 11.3. The molecule has 1 saturated heterocycles. The zero-order valence-corrected chi connectivity index (χ0v) is 11.2. The van der Waals surface area contributed by atoms with Crippen LogP contribution in [0.3, 0.4) is 0 Å². The summed E-state index contributed by atoms with van der Waals surface area (Å²) in [5, 5.41) is 0. The van der Waals surface area contributed by atoms with Gasteiger partial charge in [0.15, 0.2) is 0 Å². The fourth-order valence-electron chi connectivity index (χ4n) is 1.39. The van der Waals surface area contributed by atoms with Crippen LogP contribution in [0.1, 0.15) is 20.3 Å². The maximum atomic E-state index is 13.2. The summed E-state index contributed by atoms with van der Waals surface area (Å²) in [7, 11) is 0. The molecule has 0 bridgehead atoms. The van der Waals surface area contributed by atoms with Crippen molar-refractivity contribution in [3.63, 3.8) is 0 Å². The lowest BCUT2D eigenvalue weighted by molar-refractivity contribution is -0.258. The zero-order chi connectivity index (χ0) is 15.6. The van der Waals surface area contributed by atoms with Crippen molar-refractivity contribution in [2.45, 2.75) is 37.9 Å². The molecule has 1 fully saturated rings. The molecule has 0 unspecified atom stereocenters. The Kier molecular flexibility index (Phi) is 4.81. The van der Waals surface area contributed by atoms with Crippen molar-refractivity contribution in [3.8, 4) is 0 Å². The van der Waals surface area contributed by atoms with Crippen LogP contribution in [-0.4, -0.2) is 43.4 Å². The van der Waals surface area contributed by atoms with Gasteiger partial charge < -0.3 is 14.2 Å². The molecular formula is C12H16F4O4. The zero-order valence-electron chi connectivity index (χ0n) is 11.2. The van der Waals surface area contributed by atoms with Gasteiger partial charge in [-0.05, 0) is 6.92 Å². The highest BCUT2D eigenvalue weighted by Gasteiger charge is 2.60. The molecule has 0 amide bonds. The molecule has 0 spiro atoms. The Morgan fingerprint density at radius 2 is 1.65 bits per heavy atom. The van der Waals surface area contributed by atoms with Crippen molar-refractivity contribution in [2.24, 2.45) is 0 Å². The van der Waals surface area contributed by atoms with E-state index in [-0.39, 0.29) is 12.0 Å². The van der Waals surface area contributed by atoms with Crippen LogP contribution in [0.2, 0.25) is 0 Å². The van der Waals surface area contributed by atoms with Crippen molar-refractivity contribution in [1.29, 1.82) is 0 Å². The number of alkyl halides is 4. The molecule has 0 aliphatic carbocycles. The number of halogens is 4. The number of ether oxygens (including phenoxy) is 3. The van der Waals surface area contributed by atoms with Crippen molar-refractivity contribution in [1.82, 2.24) is 0 Å².